The number of aryl methyl sites for hydroxylation is 3. The van der Waals surface area contributed by atoms with Gasteiger partial charge in [-0.15, -0.1) is 0 Å². The maximum atomic E-state index is 11.0. The summed E-state index contributed by atoms with van der Waals surface area (Å²) in [7, 11) is 0. The van der Waals surface area contributed by atoms with Gasteiger partial charge in [0.05, 0.1) is 12.1 Å². The average molecular weight is 302 g/mol. The molecule has 2 rings (SSSR count). The van der Waals surface area contributed by atoms with E-state index < -0.39 is 5.97 Å². The SMILES string of the molecule is CCc1ccccc1N(CCC(=O)O)Cc1c(C)noc1C. The number of para-hydroxylation sites is 1. The zero-order valence-electron chi connectivity index (χ0n) is 13.3. The van der Waals surface area contributed by atoms with E-state index in [4.69, 9.17) is 9.63 Å². The number of hydrogen-bond donors (Lipinski definition) is 1. The van der Waals surface area contributed by atoms with Crippen molar-refractivity contribution in [2.24, 2.45) is 0 Å². The molecule has 1 heterocycles. The molecule has 0 aliphatic rings. The van der Waals surface area contributed by atoms with Crippen molar-refractivity contribution in [3.8, 4) is 0 Å². The molecule has 0 bridgehead atoms. The number of aromatic nitrogens is 1. The molecule has 1 aromatic heterocycles. The van der Waals surface area contributed by atoms with Crippen LogP contribution in [0.5, 0.6) is 0 Å². The fraction of sp³-hybridized carbons (Fsp3) is 0.412. The number of carboxylic acids is 1. The molecule has 0 aliphatic heterocycles. The Bertz CT molecular complexity index is 630. The highest BCUT2D eigenvalue weighted by molar-refractivity contribution is 5.68. The summed E-state index contributed by atoms with van der Waals surface area (Å²) in [5.74, 6) is -0.00968. The van der Waals surface area contributed by atoms with Gasteiger partial charge in [-0.1, -0.05) is 30.3 Å². The van der Waals surface area contributed by atoms with E-state index in [1.807, 2.05) is 32.0 Å². The summed E-state index contributed by atoms with van der Waals surface area (Å²) in [6, 6.07) is 8.11. The minimum absolute atomic E-state index is 0.0986. The van der Waals surface area contributed by atoms with Crippen LogP contribution < -0.4 is 4.90 Å². The van der Waals surface area contributed by atoms with Crippen LogP contribution in [0.4, 0.5) is 5.69 Å². The first-order valence-electron chi connectivity index (χ1n) is 7.49. The van der Waals surface area contributed by atoms with Gasteiger partial charge >= 0.3 is 5.97 Å². The Hall–Kier alpha value is -2.30. The van der Waals surface area contributed by atoms with Crippen LogP contribution in [0.25, 0.3) is 0 Å². The maximum absolute atomic E-state index is 11.0. The second kappa shape index (κ2) is 7.11. The molecule has 0 atom stereocenters. The van der Waals surface area contributed by atoms with Gasteiger partial charge in [-0.25, -0.2) is 0 Å². The van der Waals surface area contributed by atoms with E-state index in [-0.39, 0.29) is 6.42 Å². The molecule has 1 aromatic carbocycles. The first kappa shape index (κ1) is 16.1. The average Bonchev–Trinajstić information content (AvgIpc) is 2.82. The van der Waals surface area contributed by atoms with Crippen LogP contribution >= 0.6 is 0 Å². The minimum Gasteiger partial charge on any atom is -0.481 e. The predicted molar refractivity (Wildman–Crippen MR) is 85.1 cm³/mol. The fourth-order valence-corrected chi connectivity index (χ4v) is 2.55. The van der Waals surface area contributed by atoms with Crippen LogP contribution in [0.3, 0.4) is 0 Å². The number of nitrogens with zero attached hydrogens (tertiary/aromatic N) is 2. The van der Waals surface area contributed by atoms with Crippen LogP contribution in [0.1, 0.15) is 35.9 Å². The molecule has 0 radical (unpaired) electrons. The number of rotatable bonds is 7. The summed E-state index contributed by atoms with van der Waals surface area (Å²) in [4.78, 5) is 13.1. The van der Waals surface area contributed by atoms with Crippen molar-refractivity contribution >= 4 is 11.7 Å². The lowest BCUT2D eigenvalue weighted by Crippen LogP contribution is -2.27. The van der Waals surface area contributed by atoms with Crippen molar-refractivity contribution in [3.05, 3.63) is 46.8 Å². The largest absolute Gasteiger partial charge is 0.481 e. The molecule has 0 unspecified atom stereocenters. The predicted octanol–water partition coefficient (Wildman–Crippen LogP) is 3.34. The fourth-order valence-electron chi connectivity index (χ4n) is 2.55. The number of carboxylic acid groups (broad SMARTS) is 1. The Labute approximate surface area is 130 Å². The van der Waals surface area contributed by atoms with Gasteiger partial charge in [0, 0.05) is 24.3 Å². The van der Waals surface area contributed by atoms with Crippen LogP contribution in [0.2, 0.25) is 0 Å². The topological polar surface area (TPSA) is 66.6 Å². The van der Waals surface area contributed by atoms with E-state index in [0.29, 0.717) is 13.1 Å². The highest BCUT2D eigenvalue weighted by Crippen LogP contribution is 2.25. The molecule has 0 saturated carbocycles. The molecule has 0 spiro atoms. The van der Waals surface area contributed by atoms with E-state index >= 15 is 0 Å². The number of carbonyl (C=O) groups is 1. The molecule has 5 heteroatoms. The molecule has 5 nitrogen and oxygen atoms in total. The number of anilines is 1. The summed E-state index contributed by atoms with van der Waals surface area (Å²) in [5, 5.41) is 13.0. The third-order valence-corrected chi connectivity index (χ3v) is 3.84. The highest BCUT2D eigenvalue weighted by Gasteiger charge is 2.17. The standard InChI is InChI=1S/C17H22N2O3/c1-4-14-7-5-6-8-16(14)19(10-9-17(20)21)11-15-12(2)18-22-13(15)3/h5-8H,4,9-11H2,1-3H3,(H,20,21). The molecular formula is C17H22N2O3. The second-order valence-electron chi connectivity index (χ2n) is 5.35. The van der Waals surface area contributed by atoms with Gasteiger partial charge in [0.2, 0.25) is 0 Å². The summed E-state index contributed by atoms with van der Waals surface area (Å²) in [5.41, 5.74) is 4.16. The molecule has 22 heavy (non-hydrogen) atoms. The summed E-state index contributed by atoms with van der Waals surface area (Å²) in [6.45, 7) is 6.95. The monoisotopic (exact) mass is 302 g/mol. The first-order valence-corrected chi connectivity index (χ1v) is 7.49. The van der Waals surface area contributed by atoms with Crippen molar-refractivity contribution in [3.63, 3.8) is 0 Å². The molecule has 0 fully saturated rings. The molecule has 1 N–H and O–H groups in total. The van der Waals surface area contributed by atoms with E-state index in [2.05, 4.69) is 23.0 Å². The lowest BCUT2D eigenvalue weighted by molar-refractivity contribution is -0.136. The van der Waals surface area contributed by atoms with Crippen LogP contribution in [0.15, 0.2) is 28.8 Å². The number of benzene rings is 1. The Kier molecular flexibility index (Phi) is 5.20. The zero-order chi connectivity index (χ0) is 16.1. The van der Waals surface area contributed by atoms with Crippen LogP contribution in [-0.2, 0) is 17.8 Å². The van der Waals surface area contributed by atoms with Gasteiger partial charge in [0.1, 0.15) is 5.76 Å². The van der Waals surface area contributed by atoms with Crippen molar-refractivity contribution < 1.29 is 14.4 Å². The van der Waals surface area contributed by atoms with Gasteiger partial charge in [-0.2, -0.15) is 0 Å². The molecule has 2 aromatic rings. The summed E-state index contributed by atoms with van der Waals surface area (Å²) < 4.78 is 5.22. The zero-order valence-corrected chi connectivity index (χ0v) is 13.3. The molecule has 118 valence electrons. The van der Waals surface area contributed by atoms with Gasteiger partial charge in [-0.3, -0.25) is 4.79 Å². The first-order chi connectivity index (χ1) is 10.5. The lowest BCUT2D eigenvalue weighted by Gasteiger charge is -2.26. The molecular weight excluding hydrogens is 280 g/mol. The Morgan fingerprint density at radius 2 is 2.05 bits per heavy atom. The van der Waals surface area contributed by atoms with Gasteiger partial charge in [0.15, 0.2) is 0 Å². The Balaban J connectivity index is 2.32. The van der Waals surface area contributed by atoms with Crippen molar-refractivity contribution in [2.75, 3.05) is 11.4 Å². The Morgan fingerprint density at radius 3 is 2.64 bits per heavy atom. The number of aliphatic carboxylic acids is 1. The van der Waals surface area contributed by atoms with E-state index in [1.165, 1.54) is 5.56 Å². The summed E-state index contributed by atoms with van der Waals surface area (Å²) in [6.07, 6.45) is 1.00. The maximum Gasteiger partial charge on any atom is 0.305 e. The van der Waals surface area contributed by atoms with E-state index in [1.54, 1.807) is 0 Å². The molecule has 0 aliphatic carbocycles. The number of hydrogen-bond acceptors (Lipinski definition) is 4. The van der Waals surface area contributed by atoms with Gasteiger partial charge in [-0.05, 0) is 31.9 Å². The third-order valence-electron chi connectivity index (χ3n) is 3.84. The smallest absolute Gasteiger partial charge is 0.305 e. The molecule has 0 saturated heterocycles. The highest BCUT2D eigenvalue weighted by atomic mass is 16.5. The quantitative estimate of drug-likeness (QED) is 0.849. The lowest BCUT2D eigenvalue weighted by atomic mass is 10.1. The summed E-state index contributed by atoms with van der Waals surface area (Å²) >= 11 is 0. The van der Waals surface area contributed by atoms with Crippen LogP contribution in [-0.4, -0.2) is 22.8 Å². The van der Waals surface area contributed by atoms with Crippen molar-refractivity contribution in [2.45, 2.75) is 40.2 Å². The van der Waals surface area contributed by atoms with Crippen molar-refractivity contribution in [1.29, 1.82) is 0 Å². The van der Waals surface area contributed by atoms with E-state index in [9.17, 15) is 4.79 Å². The van der Waals surface area contributed by atoms with E-state index in [0.717, 1.165) is 29.1 Å². The van der Waals surface area contributed by atoms with Gasteiger partial charge in [0.25, 0.3) is 0 Å². The third kappa shape index (κ3) is 3.67. The second-order valence-corrected chi connectivity index (χ2v) is 5.35. The van der Waals surface area contributed by atoms with Crippen molar-refractivity contribution in [1.82, 2.24) is 5.16 Å². The Morgan fingerprint density at radius 1 is 1.32 bits per heavy atom. The minimum atomic E-state index is -0.794. The van der Waals surface area contributed by atoms with Gasteiger partial charge < -0.3 is 14.5 Å². The molecule has 0 amide bonds. The van der Waals surface area contributed by atoms with Crippen LogP contribution in [0, 0.1) is 13.8 Å². The normalized spacial score (nSPS) is 10.7.